The molecule has 1 aromatic carbocycles. The number of aliphatic hydroxyl groups is 1. The van der Waals surface area contributed by atoms with Crippen LogP contribution in [0.15, 0.2) is 22.4 Å². The van der Waals surface area contributed by atoms with Crippen LogP contribution in [0.3, 0.4) is 0 Å². The van der Waals surface area contributed by atoms with Crippen molar-refractivity contribution in [1.29, 1.82) is 0 Å². The fourth-order valence-corrected chi connectivity index (χ4v) is 3.28. The van der Waals surface area contributed by atoms with Crippen LogP contribution in [-0.2, 0) is 6.61 Å². The van der Waals surface area contributed by atoms with Crippen molar-refractivity contribution >= 4 is 44.8 Å². The Bertz CT molecular complexity index is 464. The first-order valence-corrected chi connectivity index (χ1v) is 6.59. The summed E-state index contributed by atoms with van der Waals surface area (Å²) >= 11 is 9.32. The average Bonchev–Trinajstić information content (AvgIpc) is 2.58. The highest BCUT2D eigenvalue weighted by atomic mass is 35.5. The highest BCUT2D eigenvalue weighted by molar-refractivity contribution is 7.98. The number of hydrogen-bond donors (Lipinski definition) is 1. The molecule has 0 saturated carbocycles. The molecule has 2 rings (SSSR count). The largest absolute Gasteiger partial charge is 0.392 e. The van der Waals surface area contributed by atoms with Crippen LogP contribution in [0.1, 0.15) is 5.56 Å². The summed E-state index contributed by atoms with van der Waals surface area (Å²) < 4.78 is 1.14. The molecule has 0 spiro atoms. The van der Waals surface area contributed by atoms with Gasteiger partial charge in [0, 0.05) is 9.60 Å². The van der Waals surface area contributed by atoms with Crippen LogP contribution in [0.2, 0.25) is 5.02 Å². The second kappa shape index (κ2) is 4.11. The van der Waals surface area contributed by atoms with Crippen molar-refractivity contribution in [2.45, 2.75) is 11.5 Å². The number of thiophene rings is 1. The minimum absolute atomic E-state index is 0.0927. The minimum Gasteiger partial charge on any atom is -0.392 e. The zero-order valence-electron chi connectivity index (χ0n) is 7.58. The molecule has 0 aliphatic carbocycles. The molecule has 1 N–H and O–H groups in total. The van der Waals surface area contributed by atoms with Crippen LogP contribution in [0, 0.1) is 0 Å². The van der Waals surface area contributed by atoms with Crippen LogP contribution < -0.4 is 0 Å². The topological polar surface area (TPSA) is 20.2 Å². The fourth-order valence-electron chi connectivity index (χ4n) is 1.36. The zero-order valence-corrected chi connectivity index (χ0v) is 9.97. The summed E-state index contributed by atoms with van der Waals surface area (Å²) in [6.45, 7) is 0.0927. The van der Waals surface area contributed by atoms with E-state index in [1.54, 1.807) is 23.1 Å². The van der Waals surface area contributed by atoms with Gasteiger partial charge in [-0.2, -0.15) is 0 Å². The first kappa shape index (κ1) is 10.3. The van der Waals surface area contributed by atoms with E-state index in [9.17, 15) is 0 Å². The molecule has 0 saturated heterocycles. The third-order valence-corrected chi connectivity index (χ3v) is 4.29. The monoisotopic (exact) mass is 244 g/mol. The van der Waals surface area contributed by atoms with Crippen molar-refractivity contribution in [1.82, 2.24) is 0 Å². The highest BCUT2D eigenvalue weighted by Gasteiger charge is 2.07. The lowest BCUT2D eigenvalue weighted by molar-refractivity contribution is 0.284. The number of halogens is 1. The van der Waals surface area contributed by atoms with Gasteiger partial charge in [0.2, 0.25) is 0 Å². The Labute approximate surface area is 95.7 Å². The van der Waals surface area contributed by atoms with Crippen molar-refractivity contribution in [2.24, 2.45) is 0 Å². The third-order valence-electron chi connectivity index (χ3n) is 2.10. The Balaban J connectivity index is 2.70. The van der Waals surface area contributed by atoms with Crippen LogP contribution in [-0.4, -0.2) is 11.4 Å². The molecule has 1 heterocycles. The standard InChI is InChI=1S/C10H9ClOS2/c1-13-10-2-7-6(4-12)5-14-9(7)3-8(10)11/h2-3,5,12H,4H2,1H3. The highest BCUT2D eigenvalue weighted by Crippen LogP contribution is 2.34. The molecule has 1 nitrogen and oxygen atoms in total. The van der Waals surface area contributed by atoms with Crippen molar-refractivity contribution in [3.63, 3.8) is 0 Å². The maximum absolute atomic E-state index is 9.12. The van der Waals surface area contributed by atoms with Gasteiger partial charge >= 0.3 is 0 Å². The molecule has 0 aliphatic rings. The second-order valence-corrected chi connectivity index (χ2v) is 5.07. The molecule has 0 amide bonds. The quantitative estimate of drug-likeness (QED) is 0.812. The van der Waals surface area contributed by atoms with Crippen LogP contribution in [0.25, 0.3) is 10.1 Å². The molecule has 0 aliphatic heterocycles. The maximum atomic E-state index is 9.12. The molecule has 4 heteroatoms. The van der Waals surface area contributed by atoms with E-state index in [0.717, 1.165) is 25.6 Å². The molecule has 1 aromatic heterocycles. The zero-order chi connectivity index (χ0) is 10.1. The third kappa shape index (κ3) is 1.65. The number of thioether (sulfide) groups is 1. The van der Waals surface area contributed by atoms with E-state index in [4.69, 9.17) is 16.7 Å². The van der Waals surface area contributed by atoms with Gasteiger partial charge in [-0.05, 0) is 34.7 Å². The van der Waals surface area contributed by atoms with E-state index in [0.29, 0.717) is 0 Å². The van der Waals surface area contributed by atoms with Gasteiger partial charge in [0.05, 0.1) is 11.6 Å². The minimum atomic E-state index is 0.0927. The number of aliphatic hydroxyl groups excluding tert-OH is 1. The van der Waals surface area contributed by atoms with Gasteiger partial charge in [-0.15, -0.1) is 23.1 Å². The predicted octanol–water partition coefficient (Wildman–Crippen LogP) is 3.77. The Morgan fingerprint density at radius 3 is 2.93 bits per heavy atom. The summed E-state index contributed by atoms with van der Waals surface area (Å²) in [7, 11) is 0. The lowest BCUT2D eigenvalue weighted by Crippen LogP contribution is -1.80. The number of hydrogen-bond acceptors (Lipinski definition) is 3. The molecule has 2 aromatic rings. The molecular formula is C10H9ClOS2. The van der Waals surface area contributed by atoms with Gasteiger partial charge < -0.3 is 5.11 Å². The lowest BCUT2D eigenvalue weighted by Gasteiger charge is -2.01. The summed E-state index contributed by atoms with van der Waals surface area (Å²) in [6, 6.07) is 4.01. The van der Waals surface area contributed by atoms with Crippen LogP contribution in [0.5, 0.6) is 0 Å². The fraction of sp³-hybridized carbons (Fsp3) is 0.200. The second-order valence-electron chi connectivity index (χ2n) is 2.90. The molecule has 0 atom stereocenters. The predicted molar refractivity (Wildman–Crippen MR) is 64.5 cm³/mol. The summed E-state index contributed by atoms with van der Waals surface area (Å²) in [5.41, 5.74) is 0.983. The molecule has 0 bridgehead atoms. The van der Waals surface area contributed by atoms with E-state index < -0.39 is 0 Å². The summed E-state index contributed by atoms with van der Waals surface area (Å²) in [6.07, 6.45) is 2.00. The van der Waals surface area contributed by atoms with Crippen LogP contribution >= 0.6 is 34.7 Å². The molecule has 0 unspecified atom stereocenters. The number of rotatable bonds is 2. The first-order chi connectivity index (χ1) is 6.76. The van der Waals surface area contributed by atoms with Crippen molar-refractivity contribution in [3.05, 3.63) is 28.1 Å². The lowest BCUT2D eigenvalue weighted by atomic mass is 10.2. The van der Waals surface area contributed by atoms with Gasteiger partial charge in [-0.1, -0.05) is 11.6 Å². The van der Waals surface area contributed by atoms with Crippen molar-refractivity contribution < 1.29 is 5.11 Å². The number of benzene rings is 1. The van der Waals surface area contributed by atoms with Gasteiger partial charge in [0.1, 0.15) is 0 Å². The molecular weight excluding hydrogens is 236 g/mol. The van der Waals surface area contributed by atoms with Gasteiger partial charge in [-0.3, -0.25) is 0 Å². The normalized spacial score (nSPS) is 11.1. The van der Waals surface area contributed by atoms with E-state index >= 15 is 0 Å². The molecule has 74 valence electrons. The molecule has 0 fully saturated rings. The Morgan fingerprint density at radius 2 is 2.29 bits per heavy atom. The van der Waals surface area contributed by atoms with E-state index in [-0.39, 0.29) is 6.61 Å². The summed E-state index contributed by atoms with van der Waals surface area (Å²) in [4.78, 5) is 1.06. The summed E-state index contributed by atoms with van der Waals surface area (Å²) in [5, 5.41) is 13.0. The Morgan fingerprint density at radius 1 is 1.50 bits per heavy atom. The van der Waals surface area contributed by atoms with Crippen molar-refractivity contribution in [3.8, 4) is 0 Å². The smallest absolute Gasteiger partial charge is 0.0696 e. The molecule has 14 heavy (non-hydrogen) atoms. The number of fused-ring (bicyclic) bond motifs is 1. The van der Waals surface area contributed by atoms with Crippen molar-refractivity contribution in [2.75, 3.05) is 6.26 Å². The molecule has 0 radical (unpaired) electrons. The van der Waals surface area contributed by atoms with Gasteiger partial charge in [0.15, 0.2) is 0 Å². The first-order valence-electron chi connectivity index (χ1n) is 4.10. The summed E-state index contributed by atoms with van der Waals surface area (Å²) in [5.74, 6) is 0. The van der Waals surface area contributed by atoms with E-state index in [1.165, 1.54) is 0 Å². The average molecular weight is 245 g/mol. The Kier molecular flexibility index (Phi) is 3.02. The van der Waals surface area contributed by atoms with E-state index in [2.05, 4.69) is 0 Å². The van der Waals surface area contributed by atoms with Gasteiger partial charge in [0.25, 0.3) is 0 Å². The SMILES string of the molecule is CSc1cc2c(CO)csc2cc1Cl. The van der Waals surface area contributed by atoms with Gasteiger partial charge in [-0.25, -0.2) is 0 Å². The maximum Gasteiger partial charge on any atom is 0.0696 e. The Hall–Kier alpha value is -0.220. The van der Waals surface area contributed by atoms with Crippen LogP contribution in [0.4, 0.5) is 0 Å². The van der Waals surface area contributed by atoms with E-state index in [1.807, 2.05) is 23.8 Å².